The molecule has 0 aliphatic heterocycles. The number of nitrogen functional groups attached to an aromatic ring is 1. The van der Waals surface area contributed by atoms with E-state index in [2.05, 4.69) is 9.97 Å². The van der Waals surface area contributed by atoms with Gasteiger partial charge in [0, 0.05) is 17.7 Å². The lowest BCUT2D eigenvalue weighted by atomic mass is 10.1. The van der Waals surface area contributed by atoms with Gasteiger partial charge in [0.1, 0.15) is 11.9 Å². The fourth-order valence-electron chi connectivity index (χ4n) is 2.93. The molecule has 0 radical (unpaired) electrons. The lowest BCUT2D eigenvalue weighted by Crippen LogP contribution is -2.22. The van der Waals surface area contributed by atoms with E-state index in [-0.39, 0.29) is 17.4 Å². The minimum Gasteiger partial charge on any atom is -0.453 e. The van der Waals surface area contributed by atoms with Gasteiger partial charge >= 0.3 is 0 Å². The third kappa shape index (κ3) is 5.22. The van der Waals surface area contributed by atoms with Gasteiger partial charge in [0.2, 0.25) is 5.90 Å². The van der Waals surface area contributed by atoms with Gasteiger partial charge in [-0.1, -0.05) is 36.4 Å². The number of nitrogens with zero attached hydrogens (tertiary/aromatic N) is 3. The molecule has 0 spiro atoms. The lowest BCUT2D eigenvalue weighted by Gasteiger charge is -2.19. The minimum absolute atomic E-state index is 0.107. The maximum Gasteiger partial charge on any atom is 0.215 e. The zero-order valence-corrected chi connectivity index (χ0v) is 17.5. The van der Waals surface area contributed by atoms with Gasteiger partial charge in [-0.3, -0.25) is 16.0 Å². The highest BCUT2D eigenvalue weighted by molar-refractivity contribution is 5.91. The minimum atomic E-state index is -1.07. The van der Waals surface area contributed by atoms with E-state index < -0.39 is 12.5 Å². The predicted octanol–water partition coefficient (Wildman–Crippen LogP) is 1.74. The Labute approximate surface area is 181 Å². The standard InChI is InChI=1S/C22H27N7O2/c1-29(2)22(30)16-9-7-14(8-10-16)17-12-27-19(24)18(28-17)21(26)31-20(25)15-5-3-13(11-23)4-6-15/h3-10,12,21-22,25,30H,11,23,26H2,1-2H3,(H2,24,27). The van der Waals surface area contributed by atoms with Crippen molar-refractivity contribution in [3.8, 4) is 11.3 Å². The molecule has 0 aliphatic rings. The lowest BCUT2D eigenvalue weighted by molar-refractivity contribution is 0.0395. The van der Waals surface area contributed by atoms with Crippen LogP contribution in [0.2, 0.25) is 0 Å². The van der Waals surface area contributed by atoms with Crippen LogP contribution in [0.3, 0.4) is 0 Å². The van der Waals surface area contributed by atoms with Crippen molar-refractivity contribution in [3.05, 3.63) is 77.1 Å². The summed E-state index contributed by atoms with van der Waals surface area (Å²) < 4.78 is 5.55. The summed E-state index contributed by atoms with van der Waals surface area (Å²) in [6, 6.07) is 14.4. The molecule has 2 atom stereocenters. The second kappa shape index (κ2) is 9.63. The maximum absolute atomic E-state index is 10.1. The molecule has 2 unspecified atom stereocenters. The zero-order valence-electron chi connectivity index (χ0n) is 17.5. The molecular weight excluding hydrogens is 394 g/mol. The van der Waals surface area contributed by atoms with Gasteiger partial charge in [0.15, 0.2) is 12.0 Å². The third-order valence-electron chi connectivity index (χ3n) is 4.79. The molecule has 31 heavy (non-hydrogen) atoms. The fourth-order valence-corrected chi connectivity index (χ4v) is 2.93. The number of hydrogen-bond donors (Lipinski definition) is 5. The summed E-state index contributed by atoms with van der Waals surface area (Å²) >= 11 is 0. The number of anilines is 1. The van der Waals surface area contributed by atoms with Crippen molar-refractivity contribution in [1.29, 1.82) is 5.41 Å². The monoisotopic (exact) mass is 421 g/mol. The molecule has 3 aromatic rings. The van der Waals surface area contributed by atoms with E-state index in [1.165, 1.54) is 0 Å². The number of benzene rings is 2. The summed E-state index contributed by atoms with van der Waals surface area (Å²) in [7, 11) is 3.59. The van der Waals surface area contributed by atoms with Crippen LogP contribution in [-0.4, -0.2) is 40.0 Å². The van der Waals surface area contributed by atoms with Crippen LogP contribution in [0.5, 0.6) is 0 Å². The van der Waals surface area contributed by atoms with Crippen LogP contribution in [0.15, 0.2) is 54.7 Å². The summed E-state index contributed by atoms with van der Waals surface area (Å²) in [6.07, 6.45) is -0.224. The van der Waals surface area contributed by atoms with Crippen molar-refractivity contribution in [1.82, 2.24) is 14.9 Å². The molecule has 1 aromatic heterocycles. The molecule has 8 N–H and O–H groups in total. The van der Waals surface area contributed by atoms with Crippen LogP contribution in [0.4, 0.5) is 5.82 Å². The summed E-state index contributed by atoms with van der Waals surface area (Å²) in [4.78, 5) is 10.4. The van der Waals surface area contributed by atoms with Gasteiger partial charge in [0.05, 0.1) is 11.9 Å². The number of aliphatic hydroxyl groups is 1. The normalized spacial score (nSPS) is 13.1. The summed E-state index contributed by atoms with van der Waals surface area (Å²) in [5.41, 5.74) is 21.5. The Hall–Kier alpha value is -3.37. The van der Waals surface area contributed by atoms with E-state index in [4.69, 9.17) is 27.3 Å². The van der Waals surface area contributed by atoms with Crippen molar-refractivity contribution < 1.29 is 9.84 Å². The van der Waals surface area contributed by atoms with Crippen molar-refractivity contribution in [2.45, 2.75) is 19.0 Å². The number of nitrogens with two attached hydrogens (primary N) is 3. The molecule has 1 heterocycles. The number of ether oxygens (including phenoxy) is 1. The number of aromatic nitrogens is 2. The summed E-state index contributed by atoms with van der Waals surface area (Å²) in [5.74, 6) is 0.0203. The Bertz CT molecular complexity index is 1040. The van der Waals surface area contributed by atoms with E-state index in [0.717, 1.165) is 16.7 Å². The van der Waals surface area contributed by atoms with E-state index >= 15 is 0 Å². The topological polar surface area (TPSA) is 160 Å². The smallest absolute Gasteiger partial charge is 0.215 e. The van der Waals surface area contributed by atoms with Gasteiger partial charge in [-0.2, -0.15) is 0 Å². The van der Waals surface area contributed by atoms with Gasteiger partial charge in [-0.05, 0) is 37.4 Å². The van der Waals surface area contributed by atoms with Gasteiger partial charge in [0.25, 0.3) is 0 Å². The van der Waals surface area contributed by atoms with Crippen LogP contribution in [0.1, 0.15) is 34.8 Å². The fraction of sp³-hybridized carbons (Fsp3) is 0.227. The van der Waals surface area contributed by atoms with Crippen molar-refractivity contribution in [3.63, 3.8) is 0 Å². The van der Waals surface area contributed by atoms with Crippen molar-refractivity contribution in [2.24, 2.45) is 11.5 Å². The molecule has 0 aliphatic carbocycles. The van der Waals surface area contributed by atoms with Gasteiger partial charge in [-0.25, -0.2) is 9.97 Å². The Morgan fingerprint density at radius 2 is 1.77 bits per heavy atom. The Balaban J connectivity index is 1.79. The van der Waals surface area contributed by atoms with Gasteiger partial charge < -0.3 is 21.3 Å². The maximum atomic E-state index is 10.1. The first-order valence-electron chi connectivity index (χ1n) is 9.67. The van der Waals surface area contributed by atoms with E-state index in [1.807, 2.05) is 36.4 Å². The molecule has 0 bridgehead atoms. The molecule has 0 amide bonds. The zero-order chi connectivity index (χ0) is 22.5. The van der Waals surface area contributed by atoms with Crippen LogP contribution < -0.4 is 17.2 Å². The number of hydrogen-bond acceptors (Lipinski definition) is 9. The van der Waals surface area contributed by atoms with Crippen LogP contribution in [0, 0.1) is 5.41 Å². The predicted molar refractivity (Wildman–Crippen MR) is 120 cm³/mol. The SMILES string of the molecule is CN(C)C(O)c1ccc(-c2cnc(N)c(C(N)OC(=N)c3ccc(CN)cc3)n2)cc1. The number of rotatable bonds is 7. The van der Waals surface area contributed by atoms with Crippen molar-refractivity contribution in [2.75, 3.05) is 19.8 Å². The molecular formula is C22H27N7O2. The second-order valence-corrected chi connectivity index (χ2v) is 7.25. The average Bonchev–Trinajstić information content (AvgIpc) is 2.78. The largest absolute Gasteiger partial charge is 0.453 e. The first-order chi connectivity index (χ1) is 14.8. The quantitative estimate of drug-likeness (QED) is 0.219. The second-order valence-electron chi connectivity index (χ2n) is 7.25. The molecule has 9 nitrogen and oxygen atoms in total. The number of aliphatic hydroxyl groups excluding tert-OH is 1. The Morgan fingerprint density at radius 3 is 2.35 bits per heavy atom. The molecule has 9 heteroatoms. The Morgan fingerprint density at radius 1 is 1.13 bits per heavy atom. The first kappa shape index (κ1) is 22.3. The third-order valence-corrected chi connectivity index (χ3v) is 4.79. The van der Waals surface area contributed by atoms with Crippen LogP contribution in [-0.2, 0) is 11.3 Å². The molecule has 2 aromatic carbocycles. The van der Waals surface area contributed by atoms with E-state index in [1.54, 1.807) is 37.3 Å². The van der Waals surface area contributed by atoms with E-state index in [9.17, 15) is 5.11 Å². The molecule has 3 rings (SSSR count). The highest BCUT2D eigenvalue weighted by Gasteiger charge is 2.18. The first-order valence-corrected chi connectivity index (χ1v) is 9.67. The average molecular weight is 422 g/mol. The molecule has 0 fully saturated rings. The summed E-state index contributed by atoms with van der Waals surface area (Å²) in [6.45, 7) is 0.419. The van der Waals surface area contributed by atoms with Crippen molar-refractivity contribution >= 4 is 11.7 Å². The van der Waals surface area contributed by atoms with Gasteiger partial charge in [-0.15, -0.1) is 0 Å². The Kier molecular flexibility index (Phi) is 6.93. The summed E-state index contributed by atoms with van der Waals surface area (Å²) in [5, 5.41) is 18.3. The van der Waals surface area contributed by atoms with Crippen LogP contribution >= 0.6 is 0 Å². The highest BCUT2D eigenvalue weighted by atomic mass is 16.5. The molecule has 162 valence electrons. The molecule has 0 saturated heterocycles. The molecule has 0 saturated carbocycles. The van der Waals surface area contributed by atoms with E-state index in [0.29, 0.717) is 17.8 Å². The highest BCUT2D eigenvalue weighted by Crippen LogP contribution is 2.24. The van der Waals surface area contributed by atoms with Crippen LogP contribution in [0.25, 0.3) is 11.3 Å². The number of nitrogens with one attached hydrogen (secondary N) is 1.